The Bertz CT molecular complexity index is 735. The summed E-state index contributed by atoms with van der Waals surface area (Å²) in [7, 11) is 1.67. The Morgan fingerprint density at radius 2 is 2.25 bits per heavy atom. The Morgan fingerprint density at radius 3 is 2.88 bits per heavy atom. The second kappa shape index (κ2) is 6.01. The number of hydrogen-bond donors (Lipinski definition) is 1. The second-order valence-electron chi connectivity index (χ2n) is 6.64. The number of nitrogens with one attached hydrogen (secondary N) is 1. The van der Waals surface area contributed by atoms with Crippen LogP contribution in [0.1, 0.15) is 59.8 Å². The molecule has 8 nitrogen and oxygen atoms in total. The Balaban J connectivity index is 1.57. The molecule has 1 N–H and O–H groups in total. The van der Waals surface area contributed by atoms with Crippen LogP contribution >= 0.6 is 0 Å². The van der Waals surface area contributed by atoms with Crippen LogP contribution in [0.2, 0.25) is 0 Å². The van der Waals surface area contributed by atoms with Crippen molar-refractivity contribution >= 4 is 5.91 Å². The minimum absolute atomic E-state index is 0.000525. The third-order valence-corrected chi connectivity index (χ3v) is 5.07. The molecule has 0 unspecified atom stereocenters. The van der Waals surface area contributed by atoms with Crippen LogP contribution in [0, 0.1) is 6.92 Å². The molecule has 1 saturated carbocycles. The summed E-state index contributed by atoms with van der Waals surface area (Å²) in [6.07, 6.45) is 7.76. The van der Waals surface area contributed by atoms with Gasteiger partial charge in [0.2, 0.25) is 0 Å². The van der Waals surface area contributed by atoms with Gasteiger partial charge in [0.05, 0.1) is 29.9 Å². The maximum Gasteiger partial charge on any atom is 0.257 e. The summed E-state index contributed by atoms with van der Waals surface area (Å²) in [5.41, 5.74) is 0.621. The number of methoxy groups -OCH3 is 1. The van der Waals surface area contributed by atoms with E-state index in [1.54, 1.807) is 18.2 Å². The van der Waals surface area contributed by atoms with Gasteiger partial charge in [0.1, 0.15) is 5.82 Å². The summed E-state index contributed by atoms with van der Waals surface area (Å²) in [4.78, 5) is 19.2. The molecule has 2 atom stereocenters. The molecule has 1 aliphatic carbocycles. The predicted octanol–water partition coefficient (Wildman–Crippen LogP) is 1.64. The number of carbonyl (C=O) groups is 1. The summed E-state index contributed by atoms with van der Waals surface area (Å²) < 4.78 is 7.40. The third kappa shape index (κ3) is 2.60. The monoisotopic (exact) mass is 330 g/mol. The zero-order valence-corrected chi connectivity index (χ0v) is 14.0. The Hall–Kier alpha value is -2.22. The van der Waals surface area contributed by atoms with Crippen LogP contribution in [-0.2, 0) is 4.74 Å². The topological polar surface area (TPSA) is 88.9 Å². The summed E-state index contributed by atoms with van der Waals surface area (Å²) in [6.45, 7) is 2.40. The van der Waals surface area contributed by atoms with Crippen molar-refractivity contribution in [2.75, 3.05) is 13.7 Å². The Labute approximate surface area is 140 Å². The summed E-state index contributed by atoms with van der Waals surface area (Å²) in [5.74, 6) is 1.36. The molecule has 1 saturated heterocycles. The fourth-order valence-electron chi connectivity index (χ4n) is 3.41. The van der Waals surface area contributed by atoms with Gasteiger partial charge in [-0.3, -0.25) is 14.6 Å². The first-order valence-corrected chi connectivity index (χ1v) is 8.42. The Morgan fingerprint density at radius 1 is 1.42 bits per heavy atom. The molecule has 0 aromatic carbocycles. The minimum Gasteiger partial charge on any atom is -0.380 e. The van der Waals surface area contributed by atoms with E-state index in [2.05, 4.69) is 20.3 Å². The van der Waals surface area contributed by atoms with Crippen molar-refractivity contribution in [3.05, 3.63) is 29.6 Å². The molecule has 0 spiro atoms. The molecule has 2 aromatic rings. The van der Waals surface area contributed by atoms with Crippen LogP contribution in [-0.4, -0.2) is 55.5 Å². The number of aryl methyl sites for hydroxylation is 1. The standard InChI is InChI=1S/C16H22N6O2/c1-10-18-15(20-19-10)14-6-13(24-2)9-21(14)16(23)11-7-17-22(8-11)12-4-3-5-12/h7-8,12-14H,3-6,9H2,1-2H3,(H,18,19,20)/t13-,14+/m1/s1. The number of likely N-dealkylation sites (tertiary alicyclic amines) is 1. The zero-order chi connectivity index (χ0) is 16.7. The van der Waals surface area contributed by atoms with Crippen LogP contribution in [0.5, 0.6) is 0 Å². The van der Waals surface area contributed by atoms with Gasteiger partial charge in [-0.05, 0) is 26.2 Å². The van der Waals surface area contributed by atoms with E-state index >= 15 is 0 Å². The van der Waals surface area contributed by atoms with E-state index in [0.29, 0.717) is 30.4 Å². The number of hydrogen-bond acceptors (Lipinski definition) is 5. The van der Waals surface area contributed by atoms with Crippen molar-refractivity contribution < 1.29 is 9.53 Å². The predicted molar refractivity (Wildman–Crippen MR) is 85.4 cm³/mol. The molecule has 2 aliphatic rings. The summed E-state index contributed by atoms with van der Waals surface area (Å²) in [5, 5.41) is 11.5. The lowest BCUT2D eigenvalue weighted by Crippen LogP contribution is -2.32. The van der Waals surface area contributed by atoms with Crippen LogP contribution in [0.4, 0.5) is 0 Å². The lowest BCUT2D eigenvalue weighted by atomic mass is 9.93. The smallest absolute Gasteiger partial charge is 0.257 e. The summed E-state index contributed by atoms with van der Waals surface area (Å²) in [6, 6.07) is 0.280. The van der Waals surface area contributed by atoms with Crippen molar-refractivity contribution in [1.82, 2.24) is 29.9 Å². The first kappa shape index (κ1) is 15.3. The van der Waals surface area contributed by atoms with Crippen molar-refractivity contribution in [1.29, 1.82) is 0 Å². The molecular weight excluding hydrogens is 308 g/mol. The highest BCUT2D eigenvalue weighted by Crippen LogP contribution is 2.34. The molecule has 4 rings (SSSR count). The largest absolute Gasteiger partial charge is 0.380 e. The van der Waals surface area contributed by atoms with E-state index in [4.69, 9.17) is 4.74 Å². The average Bonchev–Trinajstić information content (AvgIpc) is 3.23. The zero-order valence-electron chi connectivity index (χ0n) is 14.0. The highest BCUT2D eigenvalue weighted by atomic mass is 16.5. The van der Waals surface area contributed by atoms with E-state index < -0.39 is 0 Å². The first-order chi connectivity index (χ1) is 11.7. The van der Waals surface area contributed by atoms with Gasteiger partial charge in [0.15, 0.2) is 5.82 Å². The molecule has 8 heteroatoms. The SMILES string of the molecule is CO[C@@H]1C[C@@H](c2n[nH]c(C)n2)N(C(=O)c2cnn(C3CCC3)c2)C1. The van der Waals surface area contributed by atoms with E-state index in [9.17, 15) is 4.79 Å². The quantitative estimate of drug-likeness (QED) is 0.920. The van der Waals surface area contributed by atoms with Crippen LogP contribution < -0.4 is 0 Å². The fourth-order valence-corrected chi connectivity index (χ4v) is 3.41. The Kier molecular flexibility index (Phi) is 3.84. The van der Waals surface area contributed by atoms with Crippen LogP contribution in [0.25, 0.3) is 0 Å². The average molecular weight is 330 g/mol. The van der Waals surface area contributed by atoms with E-state index in [0.717, 1.165) is 18.7 Å². The van der Waals surface area contributed by atoms with Gasteiger partial charge in [-0.25, -0.2) is 4.98 Å². The van der Waals surface area contributed by atoms with Crippen molar-refractivity contribution in [3.63, 3.8) is 0 Å². The highest BCUT2D eigenvalue weighted by Gasteiger charge is 2.39. The normalized spacial score (nSPS) is 24.3. The number of carbonyl (C=O) groups excluding carboxylic acids is 1. The van der Waals surface area contributed by atoms with Gasteiger partial charge in [0.25, 0.3) is 5.91 Å². The number of aromatic nitrogens is 5. The number of rotatable bonds is 4. The molecule has 3 heterocycles. The second-order valence-corrected chi connectivity index (χ2v) is 6.64. The number of H-pyrrole nitrogens is 1. The number of ether oxygens (including phenoxy) is 1. The van der Waals surface area contributed by atoms with Gasteiger partial charge in [0, 0.05) is 26.3 Å². The minimum atomic E-state index is -0.167. The molecule has 1 aliphatic heterocycles. The van der Waals surface area contributed by atoms with E-state index in [-0.39, 0.29) is 18.1 Å². The van der Waals surface area contributed by atoms with Gasteiger partial charge < -0.3 is 9.64 Å². The van der Waals surface area contributed by atoms with Crippen molar-refractivity contribution in [2.24, 2.45) is 0 Å². The van der Waals surface area contributed by atoms with Gasteiger partial charge in [-0.1, -0.05) is 0 Å². The van der Waals surface area contributed by atoms with Crippen LogP contribution in [0.15, 0.2) is 12.4 Å². The van der Waals surface area contributed by atoms with Gasteiger partial charge in [-0.15, -0.1) is 0 Å². The van der Waals surface area contributed by atoms with Gasteiger partial charge in [-0.2, -0.15) is 10.2 Å². The molecular formula is C16H22N6O2. The molecule has 2 aromatic heterocycles. The molecule has 2 fully saturated rings. The van der Waals surface area contributed by atoms with Gasteiger partial charge >= 0.3 is 0 Å². The first-order valence-electron chi connectivity index (χ1n) is 8.42. The highest BCUT2D eigenvalue weighted by molar-refractivity contribution is 5.94. The molecule has 0 radical (unpaired) electrons. The fraction of sp³-hybridized carbons (Fsp3) is 0.625. The third-order valence-electron chi connectivity index (χ3n) is 5.07. The lowest BCUT2D eigenvalue weighted by molar-refractivity contribution is 0.0684. The van der Waals surface area contributed by atoms with E-state index in [1.807, 2.05) is 17.8 Å². The lowest BCUT2D eigenvalue weighted by Gasteiger charge is -2.25. The maximum absolute atomic E-state index is 13.0. The number of aromatic amines is 1. The molecule has 1 amide bonds. The molecule has 0 bridgehead atoms. The van der Waals surface area contributed by atoms with Crippen molar-refractivity contribution in [3.8, 4) is 0 Å². The maximum atomic E-state index is 13.0. The van der Waals surface area contributed by atoms with Crippen molar-refractivity contribution in [2.45, 2.75) is 50.8 Å². The molecule has 24 heavy (non-hydrogen) atoms. The number of nitrogens with zero attached hydrogens (tertiary/aromatic N) is 5. The molecule has 128 valence electrons. The van der Waals surface area contributed by atoms with E-state index in [1.165, 1.54) is 6.42 Å². The number of amides is 1. The summed E-state index contributed by atoms with van der Waals surface area (Å²) >= 11 is 0. The van der Waals surface area contributed by atoms with Crippen LogP contribution in [0.3, 0.4) is 0 Å².